The Labute approximate surface area is 170 Å². The number of hydrogen-bond donors (Lipinski definition) is 0. The molecule has 0 saturated carbocycles. The van der Waals surface area contributed by atoms with E-state index >= 15 is 0 Å². The van der Waals surface area contributed by atoms with Crippen LogP contribution in [0.15, 0.2) is 65.3 Å². The normalized spacial score (nSPS) is 12.6. The van der Waals surface area contributed by atoms with E-state index in [1.54, 1.807) is 12.1 Å². The molecule has 8 nitrogen and oxygen atoms in total. The van der Waals surface area contributed by atoms with Crippen molar-refractivity contribution in [2.45, 2.75) is 6.54 Å². The lowest BCUT2D eigenvalue weighted by molar-refractivity contribution is 0.0597. The number of methoxy groups -OCH3 is 1. The molecule has 2 amide bonds. The molecule has 0 atom stereocenters. The second-order valence-corrected chi connectivity index (χ2v) is 6.44. The third-order valence-electron chi connectivity index (χ3n) is 4.59. The number of esters is 2. The van der Waals surface area contributed by atoms with E-state index in [1.807, 2.05) is 0 Å². The largest absolute Gasteiger partial charge is 0.467 e. The molecule has 8 heteroatoms. The minimum Gasteiger partial charge on any atom is -0.467 e. The second-order valence-electron chi connectivity index (χ2n) is 6.44. The highest BCUT2D eigenvalue weighted by molar-refractivity contribution is 6.21. The molecule has 0 radical (unpaired) electrons. The Kier molecular flexibility index (Phi) is 4.89. The van der Waals surface area contributed by atoms with Gasteiger partial charge in [-0.2, -0.15) is 0 Å². The van der Waals surface area contributed by atoms with E-state index in [0.29, 0.717) is 11.3 Å². The van der Waals surface area contributed by atoms with E-state index in [9.17, 15) is 19.2 Å². The van der Waals surface area contributed by atoms with E-state index in [-0.39, 0.29) is 29.0 Å². The van der Waals surface area contributed by atoms with Crippen LogP contribution in [0.5, 0.6) is 5.75 Å². The Morgan fingerprint density at radius 2 is 1.60 bits per heavy atom. The van der Waals surface area contributed by atoms with Gasteiger partial charge in [-0.3, -0.25) is 14.5 Å². The molecule has 0 saturated heterocycles. The number of hydrogen-bond acceptors (Lipinski definition) is 7. The van der Waals surface area contributed by atoms with Gasteiger partial charge in [-0.25, -0.2) is 9.59 Å². The van der Waals surface area contributed by atoms with Gasteiger partial charge in [0, 0.05) is 0 Å². The highest BCUT2D eigenvalue weighted by Crippen LogP contribution is 2.26. The predicted octanol–water partition coefficient (Wildman–Crippen LogP) is 3.08. The Morgan fingerprint density at radius 1 is 0.900 bits per heavy atom. The van der Waals surface area contributed by atoms with Gasteiger partial charge in [-0.15, -0.1) is 0 Å². The van der Waals surface area contributed by atoms with Crippen LogP contribution >= 0.6 is 0 Å². The Hall–Kier alpha value is -4.20. The van der Waals surface area contributed by atoms with Crippen LogP contribution in [0.2, 0.25) is 0 Å². The van der Waals surface area contributed by atoms with Crippen molar-refractivity contribution in [3.63, 3.8) is 0 Å². The van der Waals surface area contributed by atoms with E-state index in [4.69, 9.17) is 9.15 Å². The van der Waals surface area contributed by atoms with Crippen molar-refractivity contribution in [1.82, 2.24) is 4.90 Å². The zero-order valence-corrected chi connectivity index (χ0v) is 15.8. The fraction of sp³-hybridized carbons (Fsp3) is 0.0909. The van der Waals surface area contributed by atoms with Crippen LogP contribution in [-0.4, -0.2) is 35.8 Å². The van der Waals surface area contributed by atoms with Gasteiger partial charge in [0.05, 0.1) is 42.2 Å². The lowest BCUT2D eigenvalue weighted by Crippen LogP contribution is -2.28. The van der Waals surface area contributed by atoms with Crippen molar-refractivity contribution < 1.29 is 33.1 Å². The van der Waals surface area contributed by atoms with Crippen molar-refractivity contribution >= 4 is 23.8 Å². The number of rotatable bonds is 5. The molecule has 0 fully saturated rings. The van der Waals surface area contributed by atoms with Gasteiger partial charge in [0.25, 0.3) is 11.8 Å². The number of imide groups is 1. The van der Waals surface area contributed by atoms with E-state index in [0.717, 1.165) is 4.90 Å². The fourth-order valence-electron chi connectivity index (χ4n) is 3.06. The lowest BCUT2D eigenvalue weighted by atomic mass is 10.1. The summed E-state index contributed by atoms with van der Waals surface area (Å²) in [7, 11) is 1.27. The van der Waals surface area contributed by atoms with Crippen molar-refractivity contribution in [3.05, 3.63) is 88.9 Å². The van der Waals surface area contributed by atoms with E-state index < -0.39 is 23.8 Å². The maximum atomic E-state index is 12.7. The number of amides is 2. The minimum absolute atomic E-state index is 0.00562. The molecule has 3 aromatic rings. The number of fused-ring (bicyclic) bond motifs is 1. The van der Waals surface area contributed by atoms with Gasteiger partial charge in [-0.05, 0) is 54.6 Å². The molecule has 0 unspecified atom stereocenters. The van der Waals surface area contributed by atoms with E-state index in [2.05, 4.69) is 4.74 Å². The molecule has 1 aromatic heterocycles. The average Bonchev–Trinajstić information content (AvgIpc) is 3.36. The van der Waals surface area contributed by atoms with Gasteiger partial charge in [0.15, 0.2) is 0 Å². The molecule has 4 rings (SSSR count). The van der Waals surface area contributed by atoms with Crippen LogP contribution in [0.1, 0.15) is 47.2 Å². The van der Waals surface area contributed by atoms with Gasteiger partial charge >= 0.3 is 11.9 Å². The maximum absolute atomic E-state index is 12.7. The van der Waals surface area contributed by atoms with Gasteiger partial charge in [0.2, 0.25) is 0 Å². The van der Waals surface area contributed by atoms with Crippen LogP contribution < -0.4 is 4.74 Å². The molecule has 150 valence electrons. The van der Waals surface area contributed by atoms with Crippen LogP contribution in [-0.2, 0) is 11.3 Å². The molecule has 0 N–H and O–H groups in total. The number of benzene rings is 2. The van der Waals surface area contributed by atoms with Crippen molar-refractivity contribution in [3.8, 4) is 5.75 Å². The third kappa shape index (κ3) is 3.46. The zero-order valence-electron chi connectivity index (χ0n) is 15.8. The number of furan rings is 1. The van der Waals surface area contributed by atoms with Crippen LogP contribution in [0, 0.1) is 0 Å². The van der Waals surface area contributed by atoms with Crippen molar-refractivity contribution in [2.75, 3.05) is 7.11 Å². The highest BCUT2D eigenvalue weighted by atomic mass is 16.5. The Balaban J connectivity index is 1.51. The first kappa shape index (κ1) is 19.1. The SMILES string of the molecule is COC(=O)c1ccc(OC(=O)c2ccc3c(c2)C(=O)N(Cc2ccco2)C3=O)cc1. The topological polar surface area (TPSA) is 103 Å². The fourth-order valence-corrected chi connectivity index (χ4v) is 3.06. The smallest absolute Gasteiger partial charge is 0.343 e. The molecule has 0 bridgehead atoms. The summed E-state index contributed by atoms with van der Waals surface area (Å²) in [5.41, 5.74) is 0.773. The summed E-state index contributed by atoms with van der Waals surface area (Å²) in [6.45, 7) is 0.00562. The molecule has 0 aliphatic carbocycles. The maximum Gasteiger partial charge on any atom is 0.343 e. The summed E-state index contributed by atoms with van der Waals surface area (Å²) < 4.78 is 15.1. The summed E-state index contributed by atoms with van der Waals surface area (Å²) in [6, 6.07) is 13.4. The number of carbonyl (C=O) groups is 4. The van der Waals surface area contributed by atoms with Crippen molar-refractivity contribution in [1.29, 1.82) is 0 Å². The summed E-state index contributed by atoms with van der Waals surface area (Å²) >= 11 is 0. The van der Waals surface area contributed by atoms with E-state index in [1.165, 1.54) is 55.8 Å². The van der Waals surface area contributed by atoms with Gasteiger partial charge < -0.3 is 13.9 Å². The molecular weight excluding hydrogens is 390 g/mol. The van der Waals surface area contributed by atoms with Crippen LogP contribution in [0.4, 0.5) is 0 Å². The predicted molar refractivity (Wildman–Crippen MR) is 102 cm³/mol. The molecule has 2 heterocycles. The standard InChI is InChI=1S/C22H15NO7/c1-28-21(26)13-4-7-15(8-5-13)30-22(27)14-6-9-17-18(11-14)20(25)23(19(17)24)12-16-3-2-10-29-16/h2-11H,12H2,1H3. The minimum atomic E-state index is -0.701. The first-order valence-corrected chi connectivity index (χ1v) is 8.91. The second kappa shape index (κ2) is 7.67. The summed E-state index contributed by atoms with van der Waals surface area (Å²) in [6.07, 6.45) is 1.46. The third-order valence-corrected chi connectivity index (χ3v) is 4.59. The quantitative estimate of drug-likeness (QED) is 0.365. The van der Waals surface area contributed by atoms with Gasteiger partial charge in [-0.1, -0.05) is 0 Å². The van der Waals surface area contributed by atoms with Crippen LogP contribution in [0.25, 0.3) is 0 Å². The summed E-state index contributed by atoms with van der Waals surface area (Å²) in [4.78, 5) is 50.2. The number of ether oxygens (including phenoxy) is 2. The van der Waals surface area contributed by atoms with Crippen molar-refractivity contribution in [2.24, 2.45) is 0 Å². The Bertz CT molecular complexity index is 1150. The average molecular weight is 405 g/mol. The molecule has 30 heavy (non-hydrogen) atoms. The number of nitrogens with zero attached hydrogens (tertiary/aromatic N) is 1. The molecule has 1 aliphatic rings. The first-order chi connectivity index (χ1) is 14.5. The summed E-state index contributed by atoms with van der Waals surface area (Å²) in [5.74, 6) is -1.48. The number of carbonyl (C=O) groups excluding carboxylic acids is 4. The molecule has 1 aliphatic heterocycles. The lowest BCUT2D eigenvalue weighted by Gasteiger charge is -2.11. The summed E-state index contributed by atoms with van der Waals surface area (Å²) in [5, 5.41) is 0. The van der Waals surface area contributed by atoms with Gasteiger partial charge in [0.1, 0.15) is 11.5 Å². The highest BCUT2D eigenvalue weighted by Gasteiger charge is 2.36. The molecule has 2 aromatic carbocycles. The molecule has 0 spiro atoms. The Morgan fingerprint density at radius 3 is 2.27 bits per heavy atom. The first-order valence-electron chi connectivity index (χ1n) is 8.91. The molecular formula is C22H15NO7. The monoisotopic (exact) mass is 405 g/mol. The van der Waals surface area contributed by atoms with Crippen LogP contribution in [0.3, 0.4) is 0 Å². The zero-order chi connectivity index (χ0) is 21.3.